The van der Waals surface area contributed by atoms with Gasteiger partial charge in [-0.25, -0.2) is 0 Å². The summed E-state index contributed by atoms with van der Waals surface area (Å²) in [4.78, 5) is 2.35. The molecule has 0 spiro atoms. The topological polar surface area (TPSA) is 29.5 Å². The van der Waals surface area contributed by atoms with E-state index in [2.05, 4.69) is 132 Å². The number of furan rings is 2. The minimum Gasteiger partial charge on any atom is -0.456 e. The van der Waals surface area contributed by atoms with Crippen LogP contribution in [0.1, 0.15) is 0 Å². The highest BCUT2D eigenvalue weighted by Gasteiger charge is 2.20. The van der Waals surface area contributed by atoms with Crippen molar-refractivity contribution in [2.75, 3.05) is 4.90 Å². The van der Waals surface area contributed by atoms with Gasteiger partial charge in [-0.1, -0.05) is 66.7 Å². The van der Waals surface area contributed by atoms with Crippen LogP contribution in [-0.2, 0) is 0 Å². The van der Waals surface area contributed by atoms with E-state index >= 15 is 0 Å². The molecule has 0 amide bonds. The molecule has 0 saturated carbocycles. The van der Waals surface area contributed by atoms with Crippen LogP contribution in [0.2, 0.25) is 0 Å². The summed E-state index contributed by atoms with van der Waals surface area (Å²) in [5, 5.41) is 9.44. The van der Waals surface area contributed by atoms with Crippen molar-refractivity contribution in [1.82, 2.24) is 0 Å². The van der Waals surface area contributed by atoms with E-state index in [9.17, 15) is 0 Å². The lowest BCUT2D eigenvalue weighted by Crippen LogP contribution is -2.09. The van der Waals surface area contributed by atoms with Crippen LogP contribution in [-0.4, -0.2) is 0 Å². The summed E-state index contributed by atoms with van der Waals surface area (Å²) in [5.74, 6) is 0. The fourth-order valence-electron chi connectivity index (χ4n) is 6.94. The number of benzene rings is 7. The molecule has 3 nitrogen and oxygen atoms in total. The second-order valence-corrected chi connectivity index (χ2v) is 12.3. The summed E-state index contributed by atoms with van der Waals surface area (Å²) < 4.78 is 15.3. The minimum absolute atomic E-state index is 0.867. The normalized spacial score (nSPS) is 12.1. The van der Waals surface area contributed by atoms with Crippen LogP contribution in [0.4, 0.5) is 17.1 Å². The summed E-state index contributed by atoms with van der Waals surface area (Å²) in [5.41, 5.74) is 6.88. The maximum atomic E-state index is 6.59. The van der Waals surface area contributed by atoms with Crippen LogP contribution in [0.5, 0.6) is 0 Å². The zero-order valence-electron chi connectivity index (χ0n) is 23.5. The lowest BCUT2D eigenvalue weighted by molar-refractivity contribution is 0.668. The highest BCUT2D eigenvalue weighted by atomic mass is 32.1. The van der Waals surface area contributed by atoms with Crippen LogP contribution in [0.25, 0.3) is 74.8 Å². The van der Waals surface area contributed by atoms with E-state index in [0.717, 1.165) is 60.9 Å². The van der Waals surface area contributed by atoms with Crippen molar-refractivity contribution in [2.24, 2.45) is 0 Å². The molecule has 0 aliphatic rings. The third kappa shape index (κ3) is 3.31. The van der Waals surface area contributed by atoms with E-state index in [4.69, 9.17) is 8.83 Å². The Morgan fingerprint density at radius 2 is 1.05 bits per heavy atom. The predicted octanol–water partition coefficient (Wildman–Crippen LogP) is 12.5. The molecule has 4 heteroatoms. The molecule has 0 fully saturated rings. The van der Waals surface area contributed by atoms with Crippen molar-refractivity contribution in [3.8, 4) is 0 Å². The van der Waals surface area contributed by atoms with Gasteiger partial charge in [-0.05, 0) is 77.5 Å². The lowest BCUT2D eigenvalue weighted by atomic mass is 9.99. The van der Waals surface area contributed by atoms with Crippen molar-refractivity contribution in [1.29, 1.82) is 0 Å². The Bertz CT molecular complexity index is 2730. The molecule has 44 heavy (non-hydrogen) atoms. The van der Waals surface area contributed by atoms with Crippen molar-refractivity contribution < 1.29 is 8.83 Å². The fraction of sp³-hybridized carbons (Fsp3) is 0. The van der Waals surface area contributed by atoms with Crippen molar-refractivity contribution in [3.63, 3.8) is 0 Å². The number of anilines is 3. The van der Waals surface area contributed by atoms with Gasteiger partial charge in [-0.15, -0.1) is 11.3 Å². The number of nitrogens with zero attached hydrogens (tertiary/aromatic N) is 1. The molecule has 0 N–H and O–H groups in total. The second-order valence-electron chi connectivity index (χ2n) is 11.3. The van der Waals surface area contributed by atoms with Crippen molar-refractivity contribution in [3.05, 3.63) is 140 Å². The van der Waals surface area contributed by atoms with Crippen molar-refractivity contribution >= 4 is 103 Å². The third-order valence-corrected chi connectivity index (χ3v) is 10.1. The van der Waals surface area contributed by atoms with E-state index in [1.54, 1.807) is 0 Å². The van der Waals surface area contributed by atoms with Crippen LogP contribution < -0.4 is 4.90 Å². The van der Waals surface area contributed by atoms with Gasteiger partial charge in [-0.3, -0.25) is 0 Å². The average molecular weight is 582 g/mol. The number of hydrogen-bond donors (Lipinski definition) is 0. The first-order chi connectivity index (χ1) is 21.8. The molecule has 0 radical (unpaired) electrons. The van der Waals surface area contributed by atoms with Gasteiger partial charge in [0.05, 0.1) is 10.4 Å². The highest BCUT2D eigenvalue weighted by molar-refractivity contribution is 7.26. The molecule has 3 heterocycles. The Balaban J connectivity index is 1.22. The van der Waals surface area contributed by atoms with E-state index < -0.39 is 0 Å². The van der Waals surface area contributed by atoms with Gasteiger partial charge < -0.3 is 13.7 Å². The molecule has 7 aromatic carbocycles. The zero-order valence-corrected chi connectivity index (χ0v) is 24.3. The monoisotopic (exact) mass is 581 g/mol. The average Bonchev–Trinajstić information content (AvgIpc) is 3.76. The van der Waals surface area contributed by atoms with Gasteiger partial charge in [0, 0.05) is 54.5 Å². The molecular formula is C40H23NO2S. The van der Waals surface area contributed by atoms with Gasteiger partial charge in [0.15, 0.2) is 0 Å². The number of thiophene rings is 1. The lowest BCUT2D eigenvalue weighted by Gasteiger charge is -2.26. The predicted molar refractivity (Wildman–Crippen MR) is 186 cm³/mol. The smallest absolute Gasteiger partial charge is 0.137 e. The molecule has 0 saturated heterocycles. The van der Waals surface area contributed by atoms with Crippen LogP contribution in [0, 0.1) is 0 Å². The molecular weight excluding hydrogens is 559 g/mol. The number of rotatable bonds is 3. The number of hydrogen-bond acceptors (Lipinski definition) is 4. The Kier molecular flexibility index (Phi) is 4.87. The molecule has 0 aliphatic heterocycles. The molecule has 0 unspecified atom stereocenters. The standard InChI is InChI=1S/C40H23NO2S/c1-2-9-24(10-3-1)41(32-14-8-13-29-26-11-5-7-16-37(26)44-40(29)32)25-17-18-31-36(23-25)43-35-22-20-27-28(39(31)35)19-21-34-38(27)30-12-4-6-15-33(30)42-34/h1-23H. The molecule has 0 aliphatic carbocycles. The summed E-state index contributed by atoms with van der Waals surface area (Å²) in [6.07, 6.45) is 0. The van der Waals surface area contributed by atoms with Gasteiger partial charge >= 0.3 is 0 Å². The van der Waals surface area contributed by atoms with Crippen LogP contribution in [0.3, 0.4) is 0 Å². The summed E-state index contributed by atoms with van der Waals surface area (Å²) in [6.45, 7) is 0. The number of para-hydroxylation sites is 2. The van der Waals surface area contributed by atoms with Gasteiger partial charge in [0.25, 0.3) is 0 Å². The first-order valence-electron chi connectivity index (χ1n) is 14.8. The minimum atomic E-state index is 0.867. The maximum absolute atomic E-state index is 6.59. The quantitative estimate of drug-likeness (QED) is 0.208. The molecule has 0 atom stereocenters. The second kappa shape index (κ2) is 8.96. The molecule has 0 bridgehead atoms. The fourth-order valence-corrected chi connectivity index (χ4v) is 8.15. The Morgan fingerprint density at radius 3 is 1.86 bits per heavy atom. The van der Waals surface area contributed by atoms with Gasteiger partial charge in [0.2, 0.25) is 0 Å². The molecule has 10 rings (SSSR count). The van der Waals surface area contributed by atoms with E-state index in [1.807, 2.05) is 23.5 Å². The van der Waals surface area contributed by atoms with Gasteiger partial charge in [0.1, 0.15) is 22.3 Å². The van der Waals surface area contributed by atoms with E-state index in [0.29, 0.717) is 0 Å². The summed E-state index contributed by atoms with van der Waals surface area (Å²) >= 11 is 1.84. The first kappa shape index (κ1) is 23.9. The SMILES string of the molecule is c1ccc(N(c2ccc3c(c2)oc2ccc4c(ccc5oc6ccccc6c54)c23)c2cccc3c2sc2ccccc23)cc1. The summed E-state index contributed by atoms with van der Waals surface area (Å²) in [7, 11) is 0. The molecule has 3 aromatic heterocycles. The molecule has 10 aromatic rings. The maximum Gasteiger partial charge on any atom is 0.137 e. The Morgan fingerprint density at radius 1 is 0.409 bits per heavy atom. The van der Waals surface area contributed by atoms with E-state index in [-0.39, 0.29) is 0 Å². The largest absolute Gasteiger partial charge is 0.456 e. The Hall–Kier alpha value is -5.58. The van der Waals surface area contributed by atoms with Crippen LogP contribution >= 0.6 is 11.3 Å². The van der Waals surface area contributed by atoms with Crippen molar-refractivity contribution in [2.45, 2.75) is 0 Å². The zero-order chi connectivity index (χ0) is 28.8. The number of fused-ring (bicyclic) bond motifs is 12. The highest BCUT2D eigenvalue weighted by Crippen LogP contribution is 2.46. The van der Waals surface area contributed by atoms with Gasteiger partial charge in [-0.2, -0.15) is 0 Å². The first-order valence-corrected chi connectivity index (χ1v) is 15.6. The molecule has 206 valence electrons. The third-order valence-electron chi connectivity index (χ3n) is 8.85. The Labute approximate surface area is 255 Å². The summed E-state index contributed by atoms with van der Waals surface area (Å²) in [6, 6.07) is 49.3. The van der Waals surface area contributed by atoms with E-state index in [1.165, 1.54) is 30.9 Å². The van der Waals surface area contributed by atoms with Crippen LogP contribution in [0.15, 0.2) is 148 Å².